The minimum atomic E-state index is -0.0850. The zero-order chi connectivity index (χ0) is 14.5. The third kappa shape index (κ3) is 3.35. The zero-order valence-electron chi connectivity index (χ0n) is 11.6. The van der Waals surface area contributed by atoms with E-state index in [0.29, 0.717) is 17.9 Å². The summed E-state index contributed by atoms with van der Waals surface area (Å²) in [5, 5.41) is 6.20. The Hall–Kier alpha value is -2.47. The monoisotopic (exact) mass is 283 g/mol. The first kappa shape index (κ1) is 13.5. The lowest BCUT2D eigenvalue weighted by Gasteiger charge is -2.14. The fourth-order valence-corrected chi connectivity index (χ4v) is 2.22. The molecule has 0 saturated heterocycles. The van der Waals surface area contributed by atoms with Crippen LogP contribution in [0.25, 0.3) is 5.82 Å². The molecule has 0 aliphatic carbocycles. The van der Waals surface area contributed by atoms with Crippen molar-refractivity contribution in [1.82, 2.24) is 25.2 Å². The molecule has 0 saturated carbocycles. The van der Waals surface area contributed by atoms with Gasteiger partial charge in [-0.15, -0.1) is 0 Å². The summed E-state index contributed by atoms with van der Waals surface area (Å²) in [6, 6.07) is 3.47. The number of hydrogen-bond acceptors (Lipinski definition) is 4. The minimum Gasteiger partial charge on any atom is -0.348 e. The minimum absolute atomic E-state index is 0.0850. The van der Waals surface area contributed by atoms with Crippen molar-refractivity contribution < 1.29 is 4.79 Å². The standard InChI is InChI=1S/C15H17N5O/c21-15(19-10-12-1-4-16-5-2-12)13-3-6-18-14(9-13)20-8-7-17-11-20/h1,3,6-9,11,16H,2,4-5,10H2,(H,19,21). The molecule has 0 atom stereocenters. The predicted octanol–water partition coefficient (Wildman–Crippen LogP) is 0.917. The highest BCUT2D eigenvalue weighted by atomic mass is 16.1. The molecule has 1 amide bonds. The molecule has 108 valence electrons. The maximum atomic E-state index is 12.2. The van der Waals surface area contributed by atoms with Crippen molar-refractivity contribution in [2.45, 2.75) is 6.42 Å². The molecule has 6 nitrogen and oxygen atoms in total. The van der Waals surface area contributed by atoms with Gasteiger partial charge < -0.3 is 10.6 Å². The summed E-state index contributed by atoms with van der Waals surface area (Å²) in [5.74, 6) is 0.597. The average Bonchev–Trinajstić information content (AvgIpc) is 3.08. The topological polar surface area (TPSA) is 71.8 Å². The van der Waals surface area contributed by atoms with E-state index in [2.05, 4.69) is 26.7 Å². The summed E-state index contributed by atoms with van der Waals surface area (Å²) >= 11 is 0. The van der Waals surface area contributed by atoms with Crippen molar-refractivity contribution in [1.29, 1.82) is 0 Å². The Balaban J connectivity index is 1.67. The smallest absolute Gasteiger partial charge is 0.251 e. The van der Waals surface area contributed by atoms with Crippen LogP contribution in [0.3, 0.4) is 0 Å². The van der Waals surface area contributed by atoms with Crippen LogP contribution in [0.2, 0.25) is 0 Å². The molecular weight excluding hydrogens is 266 g/mol. The van der Waals surface area contributed by atoms with Crippen LogP contribution < -0.4 is 10.6 Å². The molecule has 2 N–H and O–H groups in total. The molecule has 1 aliphatic rings. The van der Waals surface area contributed by atoms with Gasteiger partial charge >= 0.3 is 0 Å². The van der Waals surface area contributed by atoms with E-state index in [0.717, 1.165) is 19.5 Å². The summed E-state index contributed by atoms with van der Waals surface area (Å²) in [7, 11) is 0. The molecule has 0 radical (unpaired) electrons. The number of amides is 1. The Kier molecular flexibility index (Phi) is 4.07. The number of pyridine rings is 1. The lowest BCUT2D eigenvalue weighted by atomic mass is 10.1. The highest BCUT2D eigenvalue weighted by Gasteiger charge is 2.09. The van der Waals surface area contributed by atoms with E-state index in [1.165, 1.54) is 5.57 Å². The van der Waals surface area contributed by atoms with E-state index in [1.54, 1.807) is 41.6 Å². The molecule has 3 rings (SSSR count). The molecule has 21 heavy (non-hydrogen) atoms. The van der Waals surface area contributed by atoms with Gasteiger partial charge in [0.25, 0.3) is 5.91 Å². The van der Waals surface area contributed by atoms with E-state index in [9.17, 15) is 4.79 Å². The van der Waals surface area contributed by atoms with Crippen LogP contribution in [0.5, 0.6) is 0 Å². The van der Waals surface area contributed by atoms with Crippen LogP contribution >= 0.6 is 0 Å². The molecule has 6 heteroatoms. The first-order valence-electron chi connectivity index (χ1n) is 6.94. The number of nitrogens with zero attached hydrogens (tertiary/aromatic N) is 3. The van der Waals surface area contributed by atoms with Crippen LogP contribution in [0.15, 0.2) is 48.7 Å². The quantitative estimate of drug-likeness (QED) is 0.818. The second-order valence-electron chi connectivity index (χ2n) is 4.87. The van der Waals surface area contributed by atoms with Crippen LogP contribution in [0, 0.1) is 0 Å². The number of hydrogen-bond donors (Lipinski definition) is 2. The van der Waals surface area contributed by atoms with Crippen molar-refractivity contribution in [3.05, 3.63) is 54.3 Å². The Labute approximate surface area is 122 Å². The second kappa shape index (κ2) is 6.32. The fraction of sp³-hybridized carbons (Fsp3) is 0.267. The largest absolute Gasteiger partial charge is 0.348 e. The highest BCUT2D eigenvalue weighted by Crippen LogP contribution is 2.08. The Bertz CT molecular complexity index is 648. The molecule has 0 bridgehead atoms. The van der Waals surface area contributed by atoms with Gasteiger partial charge in [0, 0.05) is 37.2 Å². The van der Waals surface area contributed by atoms with E-state index in [-0.39, 0.29) is 5.91 Å². The van der Waals surface area contributed by atoms with Crippen LogP contribution in [-0.4, -0.2) is 40.1 Å². The summed E-state index contributed by atoms with van der Waals surface area (Å²) < 4.78 is 1.77. The third-order valence-electron chi connectivity index (χ3n) is 3.41. The van der Waals surface area contributed by atoms with Crippen molar-refractivity contribution in [3.63, 3.8) is 0 Å². The first-order valence-corrected chi connectivity index (χ1v) is 6.94. The van der Waals surface area contributed by atoms with Gasteiger partial charge in [-0.1, -0.05) is 11.6 Å². The van der Waals surface area contributed by atoms with Gasteiger partial charge in [0.15, 0.2) is 0 Å². The summed E-state index contributed by atoms with van der Waals surface area (Å²) in [5.41, 5.74) is 1.87. The molecular formula is C15H17N5O. The predicted molar refractivity (Wildman–Crippen MR) is 79.3 cm³/mol. The second-order valence-corrected chi connectivity index (χ2v) is 4.87. The van der Waals surface area contributed by atoms with Crippen LogP contribution in [0.1, 0.15) is 16.8 Å². The van der Waals surface area contributed by atoms with Gasteiger partial charge in [-0.05, 0) is 25.1 Å². The number of nitrogens with one attached hydrogen (secondary N) is 2. The highest BCUT2D eigenvalue weighted by molar-refractivity contribution is 5.94. The maximum absolute atomic E-state index is 12.2. The lowest BCUT2D eigenvalue weighted by molar-refractivity contribution is 0.0956. The van der Waals surface area contributed by atoms with Gasteiger partial charge in [0.1, 0.15) is 12.1 Å². The lowest BCUT2D eigenvalue weighted by Crippen LogP contribution is -2.29. The SMILES string of the molecule is O=C(NCC1=CCNCC1)c1ccnc(-n2ccnc2)c1. The number of carbonyl (C=O) groups is 1. The number of carbonyl (C=O) groups excluding carboxylic acids is 1. The molecule has 0 unspecified atom stereocenters. The zero-order valence-corrected chi connectivity index (χ0v) is 11.6. The molecule has 0 fully saturated rings. The number of imidazole rings is 1. The summed E-state index contributed by atoms with van der Waals surface area (Å²) in [6.45, 7) is 2.45. The van der Waals surface area contributed by atoms with Gasteiger partial charge in [-0.25, -0.2) is 9.97 Å². The average molecular weight is 283 g/mol. The fourth-order valence-electron chi connectivity index (χ4n) is 2.22. The van der Waals surface area contributed by atoms with Crippen molar-refractivity contribution >= 4 is 5.91 Å². The third-order valence-corrected chi connectivity index (χ3v) is 3.41. The van der Waals surface area contributed by atoms with Crippen molar-refractivity contribution in [2.75, 3.05) is 19.6 Å². The van der Waals surface area contributed by atoms with E-state index < -0.39 is 0 Å². The van der Waals surface area contributed by atoms with Crippen molar-refractivity contribution in [2.24, 2.45) is 0 Å². The van der Waals surface area contributed by atoms with Gasteiger partial charge in [0.05, 0.1) is 0 Å². The molecule has 2 aromatic heterocycles. The van der Waals surface area contributed by atoms with Crippen LogP contribution in [-0.2, 0) is 0 Å². The Morgan fingerprint density at radius 3 is 3.14 bits per heavy atom. The normalized spacial score (nSPS) is 14.6. The molecule has 2 aromatic rings. The van der Waals surface area contributed by atoms with Crippen LogP contribution in [0.4, 0.5) is 0 Å². The molecule has 1 aliphatic heterocycles. The van der Waals surface area contributed by atoms with E-state index >= 15 is 0 Å². The Morgan fingerprint density at radius 2 is 2.38 bits per heavy atom. The summed E-state index contributed by atoms with van der Waals surface area (Å²) in [6.07, 6.45) is 9.88. The van der Waals surface area contributed by atoms with E-state index in [1.807, 2.05) is 0 Å². The first-order chi connectivity index (χ1) is 10.3. The summed E-state index contributed by atoms with van der Waals surface area (Å²) in [4.78, 5) is 20.4. The maximum Gasteiger partial charge on any atom is 0.251 e. The molecule has 0 aromatic carbocycles. The molecule has 0 spiro atoms. The Morgan fingerprint density at radius 1 is 1.43 bits per heavy atom. The van der Waals surface area contributed by atoms with Gasteiger partial charge in [-0.2, -0.15) is 0 Å². The van der Waals surface area contributed by atoms with Gasteiger partial charge in [0.2, 0.25) is 0 Å². The van der Waals surface area contributed by atoms with Crippen molar-refractivity contribution in [3.8, 4) is 5.82 Å². The van der Waals surface area contributed by atoms with Gasteiger partial charge in [-0.3, -0.25) is 9.36 Å². The number of aromatic nitrogens is 3. The molecule has 3 heterocycles. The van der Waals surface area contributed by atoms with E-state index in [4.69, 9.17) is 0 Å². The number of rotatable bonds is 4.